The third-order valence-corrected chi connectivity index (χ3v) is 9.50. The van der Waals surface area contributed by atoms with Crippen LogP contribution in [0.25, 0.3) is 99.4 Å². The van der Waals surface area contributed by atoms with Crippen molar-refractivity contribution < 1.29 is 4.42 Å². The molecule has 0 aliphatic carbocycles. The van der Waals surface area contributed by atoms with Crippen molar-refractivity contribution in [2.24, 2.45) is 0 Å². The van der Waals surface area contributed by atoms with E-state index in [1.54, 1.807) is 0 Å². The van der Waals surface area contributed by atoms with Crippen molar-refractivity contribution in [3.63, 3.8) is 0 Å². The summed E-state index contributed by atoms with van der Waals surface area (Å²) >= 11 is 0. The lowest BCUT2D eigenvalue weighted by molar-refractivity contribution is 0.676. The molecule has 5 aromatic heterocycles. The fourth-order valence-corrected chi connectivity index (χ4v) is 7.50. The lowest BCUT2D eigenvalue weighted by Crippen LogP contribution is -2.03. The zero-order valence-electron chi connectivity index (χ0n) is 24.9. The van der Waals surface area contributed by atoms with Crippen molar-refractivity contribution >= 4 is 82.2 Å². The van der Waals surface area contributed by atoms with E-state index in [0.717, 1.165) is 93.5 Å². The first kappa shape index (κ1) is 24.8. The van der Waals surface area contributed by atoms with Gasteiger partial charge in [0.2, 0.25) is 5.95 Å². The molecular weight excluding hydrogens is 578 g/mol. The van der Waals surface area contributed by atoms with Crippen molar-refractivity contribution in [3.8, 4) is 17.2 Å². The van der Waals surface area contributed by atoms with Gasteiger partial charge in [-0.2, -0.15) is 0 Å². The molecule has 0 amide bonds. The van der Waals surface area contributed by atoms with Crippen LogP contribution in [0.4, 0.5) is 0 Å². The van der Waals surface area contributed by atoms with E-state index in [2.05, 4.69) is 124 Å². The van der Waals surface area contributed by atoms with E-state index in [4.69, 9.17) is 19.4 Å². The molecule has 47 heavy (non-hydrogen) atoms. The highest BCUT2D eigenvalue weighted by Gasteiger charge is 2.24. The molecule has 218 valence electrons. The number of furan rings is 1. The number of pyridine rings is 1. The van der Waals surface area contributed by atoms with E-state index in [1.165, 1.54) is 0 Å². The summed E-state index contributed by atoms with van der Waals surface area (Å²) in [5.41, 5.74) is 10.5. The van der Waals surface area contributed by atoms with E-state index < -0.39 is 0 Å². The minimum absolute atomic E-state index is 0.623. The van der Waals surface area contributed by atoms with Crippen LogP contribution in [0.5, 0.6) is 0 Å². The topological polar surface area (TPSA) is 61.2 Å². The summed E-state index contributed by atoms with van der Waals surface area (Å²) in [4.78, 5) is 15.5. The van der Waals surface area contributed by atoms with Crippen LogP contribution in [-0.2, 0) is 0 Å². The normalized spacial score (nSPS) is 12.3. The minimum atomic E-state index is 0.623. The highest BCUT2D eigenvalue weighted by atomic mass is 16.3. The molecule has 5 heterocycles. The van der Waals surface area contributed by atoms with Crippen LogP contribution >= 0.6 is 0 Å². The zero-order valence-corrected chi connectivity index (χ0v) is 24.9. The lowest BCUT2D eigenvalue weighted by atomic mass is 10.1. The van der Waals surface area contributed by atoms with Crippen LogP contribution in [0, 0.1) is 0 Å². The van der Waals surface area contributed by atoms with Crippen molar-refractivity contribution in [2.45, 2.75) is 0 Å². The van der Waals surface area contributed by atoms with Gasteiger partial charge in [-0.25, -0.2) is 15.0 Å². The number of benzene rings is 6. The van der Waals surface area contributed by atoms with E-state index in [9.17, 15) is 0 Å². The molecule has 11 rings (SSSR count). The quantitative estimate of drug-likeness (QED) is 0.198. The number of hydrogen-bond donors (Lipinski definition) is 0. The Morgan fingerprint density at radius 3 is 1.98 bits per heavy atom. The number of nitrogens with zero attached hydrogens (tertiary/aromatic N) is 5. The molecule has 0 radical (unpaired) electrons. The summed E-state index contributed by atoms with van der Waals surface area (Å²) in [7, 11) is 0. The molecule has 0 fully saturated rings. The zero-order chi connectivity index (χ0) is 30.6. The molecule has 6 nitrogen and oxygen atoms in total. The van der Waals surface area contributed by atoms with Gasteiger partial charge in [-0.05, 0) is 36.4 Å². The maximum Gasteiger partial charge on any atom is 0.235 e. The summed E-state index contributed by atoms with van der Waals surface area (Å²) < 4.78 is 11.5. The van der Waals surface area contributed by atoms with E-state index in [1.807, 2.05) is 24.3 Å². The van der Waals surface area contributed by atoms with Gasteiger partial charge in [0.15, 0.2) is 5.58 Å². The highest BCUT2D eigenvalue weighted by molar-refractivity contribution is 6.26. The summed E-state index contributed by atoms with van der Waals surface area (Å²) in [5.74, 6) is 0.623. The Bertz CT molecular complexity index is 3080. The Hall–Kier alpha value is -6.53. The second-order valence-electron chi connectivity index (χ2n) is 12.0. The maximum absolute atomic E-state index is 7.02. The number of para-hydroxylation sites is 4. The molecule has 0 aliphatic rings. The number of aromatic nitrogens is 5. The molecule has 0 spiro atoms. The maximum atomic E-state index is 7.02. The summed E-state index contributed by atoms with van der Waals surface area (Å²) in [6.07, 6.45) is 0. The Morgan fingerprint density at radius 2 is 1.13 bits per heavy atom. The summed E-state index contributed by atoms with van der Waals surface area (Å²) in [5, 5.41) is 6.29. The lowest BCUT2D eigenvalue weighted by Gasteiger charge is -2.11. The van der Waals surface area contributed by atoms with Crippen LogP contribution in [0.15, 0.2) is 144 Å². The number of fused-ring (bicyclic) bond motifs is 15. The van der Waals surface area contributed by atoms with Gasteiger partial charge in [0.25, 0.3) is 0 Å². The smallest absolute Gasteiger partial charge is 0.235 e. The van der Waals surface area contributed by atoms with E-state index in [-0.39, 0.29) is 0 Å². The number of imidazole rings is 1. The second-order valence-corrected chi connectivity index (χ2v) is 12.0. The molecule has 0 saturated heterocycles. The molecule has 0 N–H and O–H groups in total. The van der Waals surface area contributed by atoms with Gasteiger partial charge in [0.1, 0.15) is 16.7 Å². The molecule has 6 aromatic carbocycles. The van der Waals surface area contributed by atoms with Crippen molar-refractivity contribution in [1.82, 2.24) is 23.9 Å². The first-order chi connectivity index (χ1) is 23.3. The summed E-state index contributed by atoms with van der Waals surface area (Å²) in [6.45, 7) is 0. The fraction of sp³-hybridized carbons (Fsp3) is 0. The van der Waals surface area contributed by atoms with Gasteiger partial charge in [0.05, 0.1) is 38.7 Å². The average Bonchev–Trinajstić information content (AvgIpc) is 3.81. The Labute approximate surface area is 266 Å². The largest absolute Gasteiger partial charge is 0.453 e. The van der Waals surface area contributed by atoms with Crippen LogP contribution in [-0.4, -0.2) is 23.9 Å². The Balaban J connectivity index is 1.31. The predicted molar refractivity (Wildman–Crippen MR) is 190 cm³/mol. The van der Waals surface area contributed by atoms with Crippen molar-refractivity contribution in [3.05, 3.63) is 140 Å². The highest BCUT2D eigenvalue weighted by Crippen LogP contribution is 2.43. The molecule has 0 aliphatic heterocycles. The predicted octanol–water partition coefficient (Wildman–Crippen LogP) is 10.2. The van der Waals surface area contributed by atoms with Gasteiger partial charge in [0, 0.05) is 32.5 Å². The second kappa shape index (κ2) is 9.02. The van der Waals surface area contributed by atoms with Gasteiger partial charge in [-0.3, -0.25) is 8.97 Å². The van der Waals surface area contributed by atoms with Gasteiger partial charge < -0.3 is 4.42 Å². The number of rotatable bonds is 2. The van der Waals surface area contributed by atoms with Gasteiger partial charge in [-0.15, -0.1) is 0 Å². The van der Waals surface area contributed by atoms with Crippen LogP contribution in [0.2, 0.25) is 0 Å². The molecular formula is C41H23N5O. The number of hydrogen-bond acceptors (Lipinski definition) is 4. The monoisotopic (exact) mass is 601 g/mol. The fourth-order valence-electron chi connectivity index (χ4n) is 7.50. The SMILES string of the molecule is c1ccc(-c2nc(-n3c4ccccc4c4c5oc6c7ccccc7c7nc8ccccc8n7c6c5ccc43)nc3ccccc23)cc1. The van der Waals surface area contributed by atoms with E-state index >= 15 is 0 Å². The Morgan fingerprint density at radius 1 is 0.447 bits per heavy atom. The molecule has 0 atom stereocenters. The Kier molecular flexibility index (Phi) is 4.75. The third kappa shape index (κ3) is 3.26. The third-order valence-electron chi connectivity index (χ3n) is 9.50. The van der Waals surface area contributed by atoms with Crippen LogP contribution in [0.3, 0.4) is 0 Å². The van der Waals surface area contributed by atoms with Crippen LogP contribution in [0.1, 0.15) is 0 Å². The van der Waals surface area contributed by atoms with Crippen molar-refractivity contribution in [2.75, 3.05) is 0 Å². The molecule has 6 heteroatoms. The summed E-state index contributed by atoms with van der Waals surface area (Å²) in [6, 6.07) is 48.1. The first-order valence-electron chi connectivity index (χ1n) is 15.7. The van der Waals surface area contributed by atoms with Gasteiger partial charge in [-0.1, -0.05) is 103 Å². The molecule has 0 bridgehead atoms. The van der Waals surface area contributed by atoms with Crippen molar-refractivity contribution in [1.29, 1.82) is 0 Å². The minimum Gasteiger partial charge on any atom is -0.453 e. The first-order valence-corrected chi connectivity index (χ1v) is 15.7. The average molecular weight is 602 g/mol. The van der Waals surface area contributed by atoms with Crippen LogP contribution < -0.4 is 0 Å². The van der Waals surface area contributed by atoms with E-state index in [0.29, 0.717) is 5.95 Å². The molecule has 0 saturated carbocycles. The molecule has 11 aromatic rings. The van der Waals surface area contributed by atoms with Gasteiger partial charge >= 0.3 is 0 Å². The molecule has 0 unspecified atom stereocenters. The standard InChI is InChI=1S/C41H23N5O/c1-2-12-24(13-3-1)36-27-16-6-8-18-30(27)43-41(44-36)45-32-20-10-7-17-28(32)35-34(45)23-22-29-37-39(47-38(29)35)25-14-4-5-15-26(25)40-42-31-19-9-11-21-33(31)46(37)40/h1-23H.